The number of nitrogens with zero attached hydrogens (tertiary/aromatic N) is 3. The minimum Gasteiger partial charge on any atom is -0.338 e. The van der Waals surface area contributed by atoms with Crippen LogP contribution >= 0.6 is 12.4 Å². The van der Waals surface area contributed by atoms with Crippen molar-refractivity contribution >= 4 is 24.0 Å². The fourth-order valence-corrected chi connectivity index (χ4v) is 3.36. The molecule has 1 fully saturated rings. The number of pyridine rings is 1. The zero-order valence-corrected chi connectivity index (χ0v) is 15.2. The number of halogens is 1. The molecule has 0 radical (unpaired) electrons. The van der Waals surface area contributed by atoms with Crippen molar-refractivity contribution in [2.75, 3.05) is 19.6 Å². The summed E-state index contributed by atoms with van der Waals surface area (Å²) in [6.45, 7) is 3.25. The van der Waals surface area contributed by atoms with E-state index >= 15 is 0 Å². The molecule has 0 unspecified atom stereocenters. The fraction of sp³-hybridized carbons (Fsp3) is 0.333. The lowest BCUT2D eigenvalue weighted by Crippen LogP contribution is -2.30. The van der Waals surface area contributed by atoms with E-state index in [2.05, 4.69) is 4.98 Å². The number of carbonyl (C=O) groups is 1. The number of benzene rings is 1. The zero-order valence-electron chi connectivity index (χ0n) is 14.4. The number of aryl methyl sites for hydroxylation is 1. The Kier molecular flexibility index (Phi) is 6.28. The van der Waals surface area contributed by atoms with Crippen LogP contribution in [-0.4, -0.2) is 40.3 Å². The maximum atomic E-state index is 12.9. The van der Waals surface area contributed by atoms with Gasteiger partial charge in [0.1, 0.15) is 6.20 Å². The van der Waals surface area contributed by atoms with E-state index in [9.17, 15) is 14.9 Å². The van der Waals surface area contributed by atoms with E-state index in [1.165, 1.54) is 12.3 Å². The molecule has 1 aromatic carbocycles. The van der Waals surface area contributed by atoms with Crippen LogP contribution in [-0.2, 0) is 0 Å². The van der Waals surface area contributed by atoms with E-state index in [0.29, 0.717) is 25.3 Å². The molecule has 0 saturated carbocycles. The number of rotatable bonds is 4. The van der Waals surface area contributed by atoms with Crippen molar-refractivity contribution in [2.24, 2.45) is 11.7 Å². The second kappa shape index (κ2) is 8.25. The quantitative estimate of drug-likeness (QED) is 0.652. The van der Waals surface area contributed by atoms with Crippen molar-refractivity contribution in [2.45, 2.75) is 12.8 Å². The smallest absolute Gasteiger partial charge is 0.288 e. The van der Waals surface area contributed by atoms with Crippen LogP contribution in [0.15, 0.2) is 42.6 Å². The first-order valence-electron chi connectivity index (χ1n) is 8.16. The molecule has 1 saturated heterocycles. The molecular weight excluding hydrogens is 356 g/mol. The molecule has 1 amide bonds. The highest BCUT2D eigenvalue weighted by molar-refractivity contribution is 5.96. The van der Waals surface area contributed by atoms with Gasteiger partial charge in [-0.25, -0.2) is 0 Å². The Labute approximate surface area is 157 Å². The molecule has 0 spiro atoms. The number of nitro groups is 1. The van der Waals surface area contributed by atoms with Crippen molar-refractivity contribution in [3.05, 3.63) is 69.5 Å². The summed E-state index contributed by atoms with van der Waals surface area (Å²) in [5, 5.41) is 11.0. The monoisotopic (exact) mass is 376 g/mol. The van der Waals surface area contributed by atoms with E-state index in [1.807, 2.05) is 30.3 Å². The highest BCUT2D eigenvalue weighted by Crippen LogP contribution is 2.33. The number of hydrogen-bond donors (Lipinski definition) is 1. The van der Waals surface area contributed by atoms with Gasteiger partial charge in [-0.15, -0.1) is 12.4 Å². The SMILES string of the molecule is Cc1ncc([N+](=O)[O-])cc1C(=O)N1C[C@@H](CN)[C@H](c2ccccc2)C1.Cl. The Balaban J connectivity index is 0.00000243. The molecule has 8 heteroatoms. The normalized spacial score (nSPS) is 19.1. The summed E-state index contributed by atoms with van der Waals surface area (Å²) in [4.78, 5) is 29.1. The number of carbonyl (C=O) groups excluding carboxylic acids is 1. The maximum Gasteiger partial charge on any atom is 0.288 e. The minimum atomic E-state index is -0.539. The van der Waals surface area contributed by atoms with Crippen molar-refractivity contribution in [3.8, 4) is 0 Å². The Morgan fingerprint density at radius 3 is 2.65 bits per heavy atom. The molecule has 0 bridgehead atoms. The van der Waals surface area contributed by atoms with Crippen LogP contribution in [0, 0.1) is 23.0 Å². The lowest BCUT2D eigenvalue weighted by atomic mass is 9.89. The first kappa shape index (κ1) is 19.8. The summed E-state index contributed by atoms with van der Waals surface area (Å²) in [6, 6.07) is 11.3. The molecule has 7 nitrogen and oxygen atoms in total. The molecule has 2 atom stereocenters. The molecule has 0 aliphatic carbocycles. The van der Waals surface area contributed by atoms with Crippen LogP contribution in [0.1, 0.15) is 27.5 Å². The number of likely N-dealkylation sites (tertiary alicyclic amines) is 1. The summed E-state index contributed by atoms with van der Waals surface area (Å²) in [7, 11) is 0. The number of nitrogens with two attached hydrogens (primary N) is 1. The third-order valence-electron chi connectivity index (χ3n) is 4.77. The van der Waals surface area contributed by atoms with E-state index < -0.39 is 4.92 Å². The van der Waals surface area contributed by atoms with Crippen molar-refractivity contribution in [3.63, 3.8) is 0 Å². The average molecular weight is 377 g/mol. The topological polar surface area (TPSA) is 102 Å². The van der Waals surface area contributed by atoms with Crippen molar-refractivity contribution < 1.29 is 9.72 Å². The molecule has 2 heterocycles. The maximum absolute atomic E-state index is 12.9. The molecule has 2 aromatic rings. The van der Waals surface area contributed by atoms with Gasteiger partial charge in [-0.05, 0) is 24.9 Å². The lowest BCUT2D eigenvalue weighted by Gasteiger charge is -2.17. The Hall–Kier alpha value is -2.51. The van der Waals surface area contributed by atoms with Crippen LogP contribution in [0.4, 0.5) is 5.69 Å². The van der Waals surface area contributed by atoms with Crippen molar-refractivity contribution in [1.82, 2.24) is 9.88 Å². The summed E-state index contributed by atoms with van der Waals surface area (Å²) in [5.41, 5.74) is 7.66. The molecular formula is C18H21ClN4O3. The number of amides is 1. The van der Waals surface area contributed by atoms with Crippen LogP contribution in [0.3, 0.4) is 0 Å². The summed E-state index contributed by atoms with van der Waals surface area (Å²) < 4.78 is 0. The molecule has 2 N–H and O–H groups in total. The zero-order chi connectivity index (χ0) is 18.0. The van der Waals surface area contributed by atoms with Gasteiger partial charge in [0, 0.05) is 25.1 Å². The summed E-state index contributed by atoms with van der Waals surface area (Å²) in [5.74, 6) is 0.103. The second-order valence-electron chi connectivity index (χ2n) is 6.31. The highest BCUT2D eigenvalue weighted by atomic mass is 35.5. The van der Waals surface area contributed by atoms with Gasteiger partial charge in [-0.2, -0.15) is 0 Å². The van der Waals surface area contributed by atoms with Crippen LogP contribution < -0.4 is 5.73 Å². The van der Waals surface area contributed by atoms with Gasteiger partial charge in [0.25, 0.3) is 11.6 Å². The number of hydrogen-bond acceptors (Lipinski definition) is 5. The van der Waals surface area contributed by atoms with Gasteiger partial charge < -0.3 is 10.6 Å². The second-order valence-corrected chi connectivity index (χ2v) is 6.31. The van der Waals surface area contributed by atoms with Crippen LogP contribution in [0.25, 0.3) is 0 Å². The standard InChI is InChI=1S/C18H20N4O3.ClH/c1-12-16(7-15(9-20-12)22(24)25)18(23)21-10-14(8-19)17(11-21)13-5-3-2-4-6-13;/h2-7,9,14,17H,8,10-11,19H2,1H3;1H/t14-,17+;/m1./s1. The van der Waals surface area contributed by atoms with Crippen molar-refractivity contribution in [1.29, 1.82) is 0 Å². The predicted molar refractivity (Wildman–Crippen MR) is 101 cm³/mol. The van der Waals surface area contributed by atoms with Crippen LogP contribution in [0.2, 0.25) is 0 Å². The molecule has 3 rings (SSSR count). The van der Waals surface area contributed by atoms with E-state index in [0.717, 1.165) is 5.56 Å². The minimum absolute atomic E-state index is 0. The third kappa shape index (κ3) is 3.84. The predicted octanol–water partition coefficient (Wildman–Crippen LogP) is 2.53. The molecule has 26 heavy (non-hydrogen) atoms. The van der Waals surface area contributed by atoms with Crippen LogP contribution in [0.5, 0.6) is 0 Å². The lowest BCUT2D eigenvalue weighted by molar-refractivity contribution is -0.385. The molecule has 138 valence electrons. The first-order chi connectivity index (χ1) is 12.0. The Bertz CT molecular complexity index is 800. The molecule has 1 aliphatic heterocycles. The largest absolute Gasteiger partial charge is 0.338 e. The van der Waals surface area contributed by atoms with Gasteiger partial charge in [-0.3, -0.25) is 19.9 Å². The highest BCUT2D eigenvalue weighted by Gasteiger charge is 2.36. The van der Waals surface area contributed by atoms with E-state index in [4.69, 9.17) is 5.73 Å². The summed E-state index contributed by atoms with van der Waals surface area (Å²) in [6.07, 6.45) is 1.17. The Morgan fingerprint density at radius 2 is 2.04 bits per heavy atom. The molecule has 1 aromatic heterocycles. The number of aromatic nitrogens is 1. The fourth-order valence-electron chi connectivity index (χ4n) is 3.36. The first-order valence-corrected chi connectivity index (χ1v) is 8.16. The molecule has 1 aliphatic rings. The van der Waals surface area contributed by atoms with E-state index in [1.54, 1.807) is 11.8 Å². The summed E-state index contributed by atoms with van der Waals surface area (Å²) >= 11 is 0. The van der Waals surface area contributed by atoms with Gasteiger partial charge in [0.15, 0.2) is 0 Å². The van der Waals surface area contributed by atoms with Gasteiger partial charge >= 0.3 is 0 Å². The Morgan fingerprint density at radius 1 is 1.35 bits per heavy atom. The average Bonchev–Trinajstić information content (AvgIpc) is 3.06. The third-order valence-corrected chi connectivity index (χ3v) is 4.77. The van der Waals surface area contributed by atoms with Gasteiger partial charge in [-0.1, -0.05) is 30.3 Å². The van der Waals surface area contributed by atoms with Gasteiger partial charge in [0.2, 0.25) is 0 Å². The van der Waals surface area contributed by atoms with Gasteiger partial charge in [0.05, 0.1) is 16.2 Å². The van der Waals surface area contributed by atoms with E-state index in [-0.39, 0.29) is 41.4 Å².